The number of hydrogen-bond donors (Lipinski definition) is 1. The summed E-state index contributed by atoms with van der Waals surface area (Å²) in [7, 11) is 0. The summed E-state index contributed by atoms with van der Waals surface area (Å²) in [5, 5.41) is 8.33. The van der Waals surface area contributed by atoms with Gasteiger partial charge in [0.05, 0.1) is 10.0 Å². The molecule has 0 aliphatic heterocycles. The van der Waals surface area contributed by atoms with E-state index < -0.39 is 29.1 Å². The summed E-state index contributed by atoms with van der Waals surface area (Å²) in [6.07, 6.45) is -3.73. The van der Waals surface area contributed by atoms with Crippen LogP contribution in [-0.2, 0) is 11.0 Å². The van der Waals surface area contributed by atoms with Crippen molar-refractivity contribution in [3.8, 4) is 0 Å². The Morgan fingerprint density at radius 1 is 1.35 bits per heavy atom. The third-order valence-electron chi connectivity index (χ3n) is 1.83. The smallest absolute Gasteiger partial charge is 0.417 e. The first kappa shape index (κ1) is 13.7. The van der Waals surface area contributed by atoms with Gasteiger partial charge in [0.15, 0.2) is 0 Å². The lowest BCUT2D eigenvalue weighted by Crippen LogP contribution is -2.09. The topological polar surface area (TPSA) is 37.3 Å². The monoisotopic (exact) mass is 312 g/mol. The van der Waals surface area contributed by atoms with Crippen LogP contribution in [0.15, 0.2) is 22.7 Å². The van der Waals surface area contributed by atoms with E-state index >= 15 is 0 Å². The molecule has 92 valence electrons. The van der Waals surface area contributed by atoms with Crippen molar-refractivity contribution in [1.29, 1.82) is 0 Å². The highest BCUT2D eigenvalue weighted by atomic mass is 79.9. The minimum atomic E-state index is -4.75. The fourth-order valence-corrected chi connectivity index (χ4v) is 1.48. The van der Waals surface area contributed by atoms with Crippen molar-refractivity contribution in [2.24, 2.45) is 0 Å². The highest BCUT2D eigenvalue weighted by Gasteiger charge is 2.34. The van der Waals surface area contributed by atoms with Crippen molar-refractivity contribution >= 4 is 28.0 Å². The molecule has 0 radical (unpaired) electrons. The number of hydrogen-bond acceptors (Lipinski definition) is 1. The zero-order valence-electron chi connectivity index (χ0n) is 8.05. The van der Waals surface area contributed by atoms with E-state index in [0.717, 1.165) is 6.07 Å². The maximum atomic E-state index is 13.5. The number of carboxylic acids is 1. The third kappa shape index (κ3) is 3.29. The zero-order valence-corrected chi connectivity index (χ0v) is 9.64. The van der Waals surface area contributed by atoms with Crippen LogP contribution < -0.4 is 0 Å². The Morgan fingerprint density at radius 2 is 1.94 bits per heavy atom. The van der Waals surface area contributed by atoms with Gasteiger partial charge in [0.25, 0.3) is 0 Å². The van der Waals surface area contributed by atoms with Crippen molar-refractivity contribution in [3.05, 3.63) is 39.6 Å². The number of carbonyl (C=O) groups is 1. The lowest BCUT2D eigenvalue weighted by Gasteiger charge is -2.11. The second-order valence-electron chi connectivity index (χ2n) is 2.99. The summed E-state index contributed by atoms with van der Waals surface area (Å²) in [5.74, 6) is -2.62. The van der Waals surface area contributed by atoms with Crippen LogP contribution in [0.5, 0.6) is 0 Å². The van der Waals surface area contributed by atoms with E-state index in [-0.39, 0.29) is 4.47 Å². The van der Waals surface area contributed by atoms with Crippen molar-refractivity contribution in [3.63, 3.8) is 0 Å². The molecular weight excluding hydrogens is 308 g/mol. The zero-order chi connectivity index (χ0) is 13.2. The van der Waals surface area contributed by atoms with Gasteiger partial charge in [-0.3, -0.25) is 0 Å². The Labute approximate surface area is 102 Å². The van der Waals surface area contributed by atoms with E-state index in [4.69, 9.17) is 5.11 Å². The quantitative estimate of drug-likeness (QED) is 0.668. The first-order valence-electron chi connectivity index (χ1n) is 4.19. The van der Waals surface area contributed by atoms with E-state index in [1.54, 1.807) is 0 Å². The molecule has 1 aromatic carbocycles. The fourth-order valence-electron chi connectivity index (χ4n) is 1.13. The molecule has 0 bridgehead atoms. The van der Waals surface area contributed by atoms with Gasteiger partial charge in [-0.05, 0) is 34.1 Å². The van der Waals surface area contributed by atoms with E-state index in [2.05, 4.69) is 15.9 Å². The van der Waals surface area contributed by atoms with Gasteiger partial charge in [-0.25, -0.2) is 9.18 Å². The second kappa shape index (κ2) is 4.87. The Bertz CT molecular complexity index is 480. The van der Waals surface area contributed by atoms with E-state index in [9.17, 15) is 22.4 Å². The maximum absolute atomic E-state index is 13.5. The molecule has 1 N–H and O–H groups in total. The maximum Gasteiger partial charge on any atom is 0.417 e. The molecule has 0 saturated carbocycles. The van der Waals surface area contributed by atoms with Crippen LogP contribution in [0.25, 0.3) is 6.08 Å². The Kier molecular flexibility index (Phi) is 3.92. The molecule has 0 heterocycles. The van der Waals surface area contributed by atoms with Crippen LogP contribution in [0, 0.1) is 5.82 Å². The summed E-state index contributed by atoms with van der Waals surface area (Å²) in [5.41, 5.74) is -2.04. The minimum absolute atomic E-state index is 0.171. The molecule has 0 aliphatic rings. The number of carboxylic acid groups (broad SMARTS) is 1. The van der Waals surface area contributed by atoms with E-state index in [1.807, 2.05) is 0 Å². The van der Waals surface area contributed by atoms with Gasteiger partial charge in [-0.1, -0.05) is 0 Å². The number of benzene rings is 1. The largest absolute Gasteiger partial charge is 0.478 e. The molecule has 0 fully saturated rings. The van der Waals surface area contributed by atoms with E-state index in [1.165, 1.54) is 0 Å². The van der Waals surface area contributed by atoms with Crippen molar-refractivity contribution in [2.45, 2.75) is 6.18 Å². The number of alkyl halides is 3. The lowest BCUT2D eigenvalue weighted by molar-refractivity contribution is -0.138. The highest BCUT2D eigenvalue weighted by molar-refractivity contribution is 9.10. The predicted octanol–water partition coefficient (Wildman–Crippen LogP) is 3.70. The van der Waals surface area contributed by atoms with E-state index in [0.29, 0.717) is 18.2 Å². The molecule has 0 aliphatic carbocycles. The third-order valence-corrected chi connectivity index (χ3v) is 2.44. The fraction of sp³-hybridized carbons (Fsp3) is 0.100. The number of aliphatic carboxylic acids is 1. The summed E-state index contributed by atoms with van der Waals surface area (Å²) < 4.78 is 50.8. The first-order valence-corrected chi connectivity index (χ1v) is 4.99. The van der Waals surface area contributed by atoms with Gasteiger partial charge in [0.1, 0.15) is 5.82 Å². The molecule has 1 rings (SSSR count). The van der Waals surface area contributed by atoms with Crippen molar-refractivity contribution < 1.29 is 27.5 Å². The average molecular weight is 313 g/mol. The summed E-state index contributed by atoms with van der Waals surface area (Å²) in [6.45, 7) is 0. The number of rotatable bonds is 2. The normalized spacial score (nSPS) is 12.1. The molecule has 0 unspecified atom stereocenters. The first-order chi connectivity index (χ1) is 7.73. The summed E-state index contributed by atoms with van der Waals surface area (Å²) in [4.78, 5) is 10.2. The van der Waals surface area contributed by atoms with Crippen molar-refractivity contribution in [1.82, 2.24) is 0 Å². The van der Waals surface area contributed by atoms with Crippen LogP contribution in [0.2, 0.25) is 0 Å². The molecule has 0 saturated heterocycles. The Morgan fingerprint density at radius 3 is 2.41 bits per heavy atom. The van der Waals surface area contributed by atoms with Crippen LogP contribution in [0.3, 0.4) is 0 Å². The molecule has 0 atom stereocenters. The molecule has 0 aromatic heterocycles. The Balaban J connectivity index is 3.42. The molecule has 17 heavy (non-hydrogen) atoms. The standard InChI is InChI=1S/C10H5BrF4O2/c11-7-3-2-6(10(13,14)15)5(9(7)12)1-4-8(16)17/h1-4H,(H,16,17)/b4-1+. The lowest BCUT2D eigenvalue weighted by atomic mass is 10.1. The highest BCUT2D eigenvalue weighted by Crippen LogP contribution is 2.35. The van der Waals surface area contributed by atoms with Gasteiger partial charge in [-0.2, -0.15) is 13.2 Å². The van der Waals surface area contributed by atoms with Gasteiger partial charge < -0.3 is 5.11 Å². The number of halogens is 5. The van der Waals surface area contributed by atoms with Gasteiger partial charge in [0, 0.05) is 11.6 Å². The second-order valence-corrected chi connectivity index (χ2v) is 3.85. The minimum Gasteiger partial charge on any atom is -0.478 e. The average Bonchev–Trinajstić information content (AvgIpc) is 2.18. The van der Waals surface area contributed by atoms with Gasteiger partial charge in [-0.15, -0.1) is 0 Å². The molecule has 0 amide bonds. The van der Waals surface area contributed by atoms with Crippen LogP contribution in [0.4, 0.5) is 17.6 Å². The van der Waals surface area contributed by atoms with Gasteiger partial charge >= 0.3 is 12.1 Å². The SMILES string of the molecule is O=C(O)/C=C/c1c(C(F)(F)F)ccc(Br)c1F. The molecule has 7 heteroatoms. The molecule has 2 nitrogen and oxygen atoms in total. The van der Waals surface area contributed by atoms with Crippen LogP contribution in [0.1, 0.15) is 11.1 Å². The Hall–Kier alpha value is -1.37. The predicted molar refractivity (Wildman–Crippen MR) is 55.8 cm³/mol. The van der Waals surface area contributed by atoms with Crippen LogP contribution >= 0.6 is 15.9 Å². The van der Waals surface area contributed by atoms with Crippen molar-refractivity contribution in [2.75, 3.05) is 0 Å². The van der Waals surface area contributed by atoms with Gasteiger partial charge in [0.2, 0.25) is 0 Å². The molecular formula is C10H5BrF4O2. The van der Waals surface area contributed by atoms with Crippen LogP contribution in [-0.4, -0.2) is 11.1 Å². The molecule has 1 aromatic rings. The summed E-state index contributed by atoms with van der Waals surface area (Å²) in [6, 6.07) is 1.59. The summed E-state index contributed by atoms with van der Waals surface area (Å²) >= 11 is 2.73. The molecule has 0 spiro atoms.